The van der Waals surface area contributed by atoms with Crippen molar-refractivity contribution in [2.45, 2.75) is 65.5 Å². The molecule has 0 aromatic heterocycles. The molecule has 7 nitrogen and oxygen atoms in total. The van der Waals surface area contributed by atoms with Crippen LogP contribution in [-0.4, -0.2) is 73.1 Å². The zero-order valence-electron chi connectivity index (χ0n) is 27.4. The van der Waals surface area contributed by atoms with Crippen molar-refractivity contribution in [1.82, 2.24) is 15.1 Å². The number of hydrogen-bond acceptors (Lipinski definition) is 5. The first-order valence-electron chi connectivity index (χ1n) is 16.0. The van der Waals surface area contributed by atoms with E-state index in [1.54, 1.807) is 11.0 Å². The summed E-state index contributed by atoms with van der Waals surface area (Å²) in [6.07, 6.45) is 4.84. The van der Waals surface area contributed by atoms with Gasteiger partial charge < -0.3 is 26.0 Å². The maximum Gasteiger partial charge on any atom is 0.249 e. The SMILES string of the molecule is CCCN(CCC)C(=O)C1=CC(CN(C)C)=CC(C(N)=O)([C@H](Cc2cc(F)cc(F)c2)[C@@H](O)CNCc2cccc(CC)c2)C1. The normalized spacial score (nSPS) is 17.9. The highest BCUT2D eigenvalue weighted by atomic mass is 19.1. The third-order valence-electron chi connectivity index (χ3n) is 8.38. The summed E-state index contributed by atoms with van der Waals surface area (Å²) in [6.45, 7) is 8.23. The van der Waals surface area contributed by atoms with Crippen molar-refractivity contribution in [2.24, 2.45) is 17.1 Å². The Hall–Kier alpha value is -3.40. The monoisotopic (exact) mass is 624 g/mol. The molecule has 0 aliphatic heterocycles. The van der Waals surface area contributed by atoms with Crippen LogP contribution in [0.3, 0.4) is 0 Å². The second-order valence-electron chi connectivity index (χ2n) is 12.5. The lowest BCUT2D eigenvalue weighted by molar-refractivity contribution is -0.132. The van der Waals surface area contributed by atoms with E-state index in [0.717, 1.165) is 30.9 Å². The van der Waals surface area contributed by atoms with Gasteiger partial charge in [-0.2, -0.15) is 0 Å². The molecule has 1 aliphatic rings. The molecule has 2 aromatic carbocycles. The van der Waals surface area contributed by atoms with Crippen molar-refractivity contribution < 1.29 is 23.5 Å². The second-order valence-corrected chi connectivity index (χ2v) is 12.5. The van der Waals surface area contributed by atoms with Crippen LogP contribution in [0.2, 0.25) is 0 Å². The number of nitrogens with one attached hydrogen (secondary N) is 1. The lowest BCUT2D eigenvalue weighted by Crippen LogP contribution is -2.52. The lowest BCUT2D eigenvalue weighted by atomic mass is 9.63. The predicted octanol–water partition coefficient (Wildman–Crippen LogP) is 4.78. The summed E-state index contributed by atoms with van der Waals surface area (Å²) in [5, 5.41) is 15.1. The molecular formula is C36H50F2N4O3. The van der Waals surface area contributed by atoms with E-state index in [1.807, 2.05) is 51.1 Å². The number of likely N-dealkylation sites (N-methyl/N-ethyl adjacent to an activating group) is 1. The maximum atomic E-state index is 14.4. The van der Waals surface area contributed by atoms with Crippen molar-refractivity contribution in [3.8, 4) is 0 Å². The Kier molecular flexibility index (Phi) is 13.4. The largest absolute Gasteiger partial charge is 0.391 e. The van der Waals surface area contributed by atoms with Crippen LogP contribution in [-0.2, 0) is 29.0 Å². The Morgan fingerprint density at radius 1 is 1.00 bits per heavy atom. The van der Waals surface area contributed by atoms with Crippen LogP contribution in [0.1, 0.15) is 56.7 Å². The molecule has 1 aliphatic carbocycles. The average molecular weight is 625 g/mol. The third kappa shape index (κ3) is 9.79. The number of nitrogens with two attached hydrogens (primary N) is 1. The number of hydrogen-bond donors (Lipinski definition) is 3. The van der Waals surface area contributed by atoms with Gasteiger partial charge in [-0.15, -0.1) is 0 Å². The molecule has 0 radical (unpaired) electrons. The van der Waals surface area contributed by atoms with Crippen LogP contribution in [0.5, 0.6) is 0 Å². The first-order valence-corrected chi connectivity index (χ1v) is 16.0. The number of aliphatic hydroxyl groups is 1. The van der Waals surface area contributed by atoms with Gasteiger partial charge in [-0.3, -0.25) is 9.59 Å². The third-order valence-corrected chi connectivity index (χ3v) is 8.38. The van der Waals surface area contributed by atoms with E-state index in [9.17, 15) is 23.5 Å². The highest BCUT2D eigenvalue weighted by molar-refractivity contribution is 5.97. The van der Waals surface area contributed by atoms with Crippen LogP contribution >= 0.6 is 0 Å². The molecule has 4 N–H and O–H groups in total. The van der Waals surface area contributed by atoms with E-state index in [4.69, 9.17) is 5.73 Å². The number of halogens is 2. The van der Waals surface area contributed by atoms with Crippen LogP contribution in [0.15, 0.2) is 65.8 Å². The van der Waals surface area contributed by atoms with Crippen molar-refractivity contribution in [3.63, 3.8) is 0 Å². The van der Waals surface area contributed by atoms with Gasteiger partial charge >= 0.3 is 0 Å². The van der Waals surface area contributed by atoms with Gasteiger partial charge in [0, 0.05) is 50.3 Å². The summed E-state index contributed by atoms with van der Waals surface area (Å²) in [6, 6.07) is 11.3. The van der Waals surface area contributed by atoms with Gasteiger partial charge in [-0.05, 0) is 86.7 Å². The highest BCUT2D eigenvalue weighted by Gasteiger charge is 2.49. The van der Waals surface area contributed by atoms with Crippen LogP contribution < -0.4 is 11.1 Å². The minimum Gasteiger partial charge on any atom is -0.391 e. The summed E-state index contributed by atoms with van der Waals surface area (Å²) in [4.78, 5) is 31.3. The average Bonchev–Trinajstić information content (AvgIpc) is 2.98. The summed E-state index contributed by atoms with van der Waals surface area (Å²) in [7, 11) is 3.77. The fourth-order valence-corrected chi connectivity index (χ4v) is 6.35. The van der Waals surface area contributed by atoms with Crippen molar-refractivity contribution in [1.29, 1.82) is 0 Å². The van der Waals surface area contributed by atoms with Gasteiger partial charge in [0.05, 0.1) is 11.5 Å². The Balaban J connectivity index is 2.07. The number of aliphatic hydroxyl groups excluding tert-OH is 1. The molecule has 0 fully saturated rings. The van der Waals surface area contributed by atoms with Crippen molar-refractivity contribution in [2.75, 3.05) is 40.3 Å². The van der Waals surface area contributed by atoms with Gasteiger partial charge in [0.1, 0.15) is 11.6 Å². The van der Waals surface area contributed by atoms with E-state index in [2.05, 4.69) is 24.4 Å². The molecule has 0 saturated heterocycles. The zero-order valence-corrected chi connectivity index (χ0v) is 27.4. The van der Waals surface area contributed by atoms with E-state index >= 15 is 0 Å². The minimum atomic E-state index is -1.50. The summed E-state index contributed by atoms with van der Waals surface area (Å²) in [5.41, 5.74) is 8.40. The number of aryl methyl sites for hydroxylation is 1. The number of carbonyl (C=O) groups is 2. The molecule has 246 valence electrons. The molecular weight excluding hydrogens is 574 g/mol. The van der Waals surface area contributed by atoms with E-state index in [-0.39, 0.29) is 30.9 Å². The lowest BCUT2D eigenvalue weighted by Gasteiger charge is -2.42. The topological polar surface area (TPSA) is 98.9 Å². The van der Waals surface area contributed by atoms with Gasteiger partial charge in [-0.1, -0.05) is 51.1 Å². The first kappa shape index (κ1) is 36.1. The Bertz CT molecular complexity index is 1350. The Morgan fingerprint density at radius 2 is 1.64 bits per heavy atom. The van der Waals surface area contributed by atoms with E-state index in [0.29, 0.717) is 37.3 Å². The number of carbonyl (C=O) groups excluding carboxylic acids is 2. The molecule has 1 unspecified atom stereocenters. The molecule has 45 heavy (non-hydrogen) atoms. The first-order chi connectivity index (χ1) is 21.4. The van der Waals surface area contributed by atoms with Gasteiger partial charge in [-0.25, -0.2) is 8.78 Å². The van der Waals surface area contributed by atoms with Gasteiger partial charge in [0.2, 0.25) is 11.8 Å². The molecule has 0 spiro atoms. The smallest absolute Gasteiger partial charge is 0.249 e. The maximum absolute atomic E-state index is 14.4. The van der Waals surface area contributed by atoms with Crippen molar-refractivity contribution in [3.05, 3.63) is 94.1 Å². The molecule has 9 heteroatoms. The Morgan fingerprint density at radius 3 is 2.22 bits per heavy atom. The van der Waals surface area contributed by atoms with Gasteiger partial charge in [0.25, 0.3) is 0 Å². The molecule has 0 bridgehead atoms. The number of nitrogens with zero attached hydrogens (tertiary/aromatic N) is 2. The highest BCUT2D eigenvalue weighted by Crippen LogP contribution is 2.44. The molecule has 0 heterocycles. The quantitative estimate of drug-likeness (QED) is 0.236. The number of amides is 2. The molecule has 3 atom stereocenters. The summed E-state index contributed by atoms with van der Waals surface area (Å²) in [5.74, 6) is -3.28. The molecule has 2 amide bonds. The van der Waals surface area contributed by atoms with Crippen molar-refractivity contribution >= 4 is 11.8 Å². The van der Waals surface area contributed by atoms with Crippen LogP contribution in [0, 0.1) is 23.0 Å². The number of primary amides is 1. The standard InChI is InChI=1S/C36H50F2N4O3/c1-6-12-42(13-7-2)34(44)29-15-28(24-41(4)5)20-36(21-29,35(39)45)32(18-27-16-30(37)19-31(38)17-27)33(43)23-40-22-26-11-9-10-25(8-3)14-26/h9-11,14-17,19-20,32-33,40,43H,6-8,12-13,18,21-24H2,1-5H3,(H2,39,45)/t32-,33+,36?/m1/s1. The number of rotatable bonds is 17. The summed E-state index contributed by atoms with van der Waals surface area (Å²) >= 11 is 0. The minimum absolute atomic E-state index is 0.0277. The number of benzene rings is 2. The fraction of sp³-hybridized carbons (Fsp3) is 0.500. The predicted molar refractivity (Wildman–Crippen MR) is 175 cm³/mol. The second kappa shape index (κ2) is 16.8. The van der Waals surface area contributed by atoms with Crippen LogP contribution in [0.25, 0.3) is 0 Å². The fourth-order valence-electron chi connectivity index (χ4n) is 6.35. The van der Waals surface area contributed by atoms with E-state index in [1.165, 1.54) is 17.7 Å². The zero-order chi connectivity index (χ0) is 33.1. The molecule has 0 saturated carbocycles. The summed E-state index contributed by atoms with van der Waals surface area (Å²) < 4.78 is 28.7. The van der Waals surface area contributed by atoms with Crippen LogP contribution in [0.4, 0.5) is 8.78 Å². The van der Waals surface area contributed by atoms with Gasteiger partial charge in [0.15, 0.2) is 0 Å². The van der Waals surface area contributed by atoms with E-state index < -0.39 is 35.0 Å². The molecule has 2 aromatic rings. The molecule has 3 rings (SSSR count). The Labute approximate surface area is 267 Å².